The van der Waals surface area contributed by atoms with E-state index in [0.29, 0.717) is 12.6 Å². The Morgan fingerprint density at radius 3 is 2.69 bits per heavy atom. The second-order valence-corrected chi connectivity index (χ2v) is 9.15. The predicted octanol–water partition coefficient (Wildman–Crippen LogP) is 3.51. The zero-order chi connectivity index (χ0) is 22.7. The molecule has 1 aliphatic rings. The van der Waals surface area contributed by atoms with Gasteiger partial charge in [-0.2, -0.15) is 0 Å². The summed E-state index contributed by atoms with van der Waals surface area (Å²) in [5, 5.41) is 17.5. The highest BCUT2D eigenvalue weighted by atomic mass is 16.6. The van der Waals surface area contributed by atoms with Crippen LogP contribution < -0.4 is 15.5 Å². The molecule has 8 nitrogen and oxygen atoms in total. The summed E-state index contributed by atoms with van der Waals surface area (Å²) < 4.78 is 5.29. The molecule has 8 heteroatoms. The van der Waals surface area contributed by atoms with Crippen LogP contribution in [0.3, 0.4) is 0 Å². The van der Waals surface area contributed by atoms with E-state index in [1.54, 1.807) is 6.20 Å². The lowest BCUT2D eigenvalue weighted by Crippen LogP contribution is -2.49. The number of nitrogens with zero attached hydrogens (tertiary/aromatic N) is 4. The number of hydrogen-bond acceptors (Lipinski definition) is 7. The highest BCUT2D eigenvalue weighted by Gasteiger charge is 2.21. The van der Waals surface area contributed by atoms with Gasteiger partial charge in [-0.05, 0) is 39.3 Å². The Balaban J connectivity index is 1.55. The standard InChI is InChI=1S/C24H30N6O2/c1-16-15-30(12-11-26-16)22-20-14-25-10-9-19(20)21(28-29-22)18-7-5-17(6-8-18)13-27-23(31)32-24(2,3)4/h5-10,14,16,26H,11-13,15H2,1-4H3,(H,27,31)/t16-/m0/s1. The van der Waals surface area contributed by atoms with E-state index in [-0.39, 0.29) is 0 Å². The van der Waals surface area contributed by atoms with E-state index >= 15 is 0 Å². The van der Waals surface area contributed by atoms with E-state index in [1.165, 1.54) is 0 Å². The third-order valence-electron chi connectivity index (χ3n) is 5.29. The molecule has 0 unspecified atom stereocenters. The quantitative estimate of drug-likeness (QED) is 0.649. The van der Waals surface area contributed by atoms with Crippen molar-refractivity contribution in [2.24, 2.45) is 0 Å². The second kappa shape index (κ2) is 9.08. The van der Waals surface area contributed by atoms with Gasteiger partial charge in [0.1, 0.15) is 11.3 Å². The molecule has 4 rings (SSSR count). The number of rotatable bonds is 4. The number of piperazine rings is 1. The van der Waals surface area contributed by atoms with Crippen LogP contribution in [0.15, 0.2) is 42.7 Å². The van der Waals surface area contributed by atoms with Gasteiger partial charge < -0.3 is 20.3 Å². The zero-order valence-corrected chi connectivity index (χ0v) is 19.1. The zero-order valence-electron chi connectivity index (χ0n) is 19.1. The van der Waals surface area contributed by atoms with Crippen LogP contribution in [0, 0.1) is 0 Å². The Bertz CT molecular complexity index is 1090. The molecule has 1 fully saturated rings. The van der Waals surface area contributed by atoms with E-state index in [1.807, 2.05) is 57.3 Å². The van der Waals surface area contributed by atoms with Gasteiger partial charge in [0, 0.05) is 61.0 Å². The molecular formula is C24H30N6O2. The maximum atomic E-state index is 11.9. The van der Waals surface area contributed by atoms with Gasteiger partial charge >= 0.3 is 6.09 Å². The third kappa shape index (κ3) is 5.13. The summed E-state index contributed by atoms with van der Waals surface area (Å²) in [4.78, 5) is 18.5. The topological polar surface area (TPSA) is 92.3 Å². The normalized spacial score (nSPS) is 16.8. The van der Waals surface area contributed by atoms with Crippen molar-refractivity contribution in [1.29, 1.82) is 0 Å². The van der Waals surface area contributed by atoms with Gasteiger partial charge in [-0.1, -0.05) is 24.3 Å². The van der Waals surface area contributed by atoms with Crippen molar-refractivity contribution in [1.82, 2.24) is 25.8 Å². The minimum absolute atomic E-state index is 0.395. The number of anilines is 1. The molecular weight excluding hydrogens is 404 g/mol. The molecule has 0 bridgehead atoms. The molecule has 2 aromatic heterocycles. The molecule has 2 N–H and O–H groups in total. The number of carbonyl (C=O) groups excluding carboxylic acids is 1. The number of ether oxygens (including phenoxy) is 1. The molecule has 0 aliphatic carbocycles. The summed E-state index contributed by atoms with van der Waals surface area (Å²) in [6.07, 6.45) is 3.23. The van der Waals surface area contributed by atoms with Crippen LogP contribution >= 0.6 is 0 Å². The molecule has 32 heavy (non-hydrogen) atoms. The summed E-state index contributed by atoms with van der Waals surface area (Å²) >= 11 is 0. The lowest BCUT2D eigenvalue weighted by molar-refractivity contribution is 0.0523. The molecule has 3 aromatic rings. The smallest absolute Gasteiger partial charge is 0.407 e. The molecule has 1 aliphatic heterocycles. The van der Waals surface area contributed by atoms with Gasteiger partial charge in [0.05, 0.1) is 0 Å². The Hall–Kier alpha value is -3.26. The fourth-order valence-corrected chi connectivity index (χ4v) is 3.82. The van der Waals surface area contributed by atoms with Gasteiger partial charge in [-0.15, -0.1) is 10.2 Å². The third-order valence-corrected chi connectivity index (χ3v) is 5.29. The number of carbonyl (C=O) groups is 1. The number of hydrogen-bond donors (Lipinski definition) is 2. The Labute approximate surface area is 188 Å². The Morgan fingerprint density at radius 2 is 1.97 bits per heavy atom. The highest BCUT2D eigenvalue weighted by Crippen LogP contribution is 2.31. The number of pyridine rings is 1. The van der Waals surface area contributed by atoms with Crippen molar-refractivity contribution in [3.63, 3.8) is 0 Å². The van der Waals surface area contributed by atoms with Crippen LogP contribution in [0.25, 0.3) is 22.0 Å². The molecule has 168 valence electrons. The van der Waals surface area contributed by atoms with Crippen molar-refractivity contribution < 1.29 is 9.53 Å². The van der Waals surface area contributed by atoms with E-state index in [2.05, 4.69) is 37.6 Å². The fraction of sp³-hybridized carbons (Fsp3) is 0.417. The summed E-state index contributed by atoms with van der Waals surface area (Å²) in [6, 6.07) is 10.4. The molecule has 1 atom stereocenters. The van der Waals surface area contributed by atoms with Crippen molar-refractivity contribution in [2.45, 2.75) is 45.9 Å². The van der Waals surface area contributed by atoms with Crippen molar-refractivity contribution in [3.05, 3.63) is 48.3 Å². The first-order valence-corrected chi connectivity index (χ1v) is 10.9. The van der Waals surface area contributed by atoms with E-state index < -0.39 is 11.7 Å². The van der Waals surface area contributed by atoms with E-state index in [4.69, 9.17) is 4.74 Å². The molecule has 3 heterocycles. The van der Waals surface area contributed by atoms with Crippen LogP contribution in [-0.2, 0) is 11.3 Å². The molecule has 1 saturated heterocycles. The fourth-order valence-electron chi connectivity index (χ4n) is 3.82. The summed E-state index contributed by atoms with van der Waals surface area (Å²) in [5.41, 5.74) is 2.25. The average Bonchev–Trinajstić information content (AvgIpc) is 2.76. The lowest BCUT2D eigenvalue weighted by Gasteiger charge is -2.33. The number of alkyl carbamates (subject to hydrolysis) is 1. The lowest BCUT2D eigenvalue weighted by atomic mass is 10.0. The molecule has 1 aromatic carbocycles. The summed E-state index contributed by atoms with van der Waals surface area (Å²) in [5.74, 6) is 0.878. The van der Waals surface area contributed by atoms with Crippen molar-refractivity contribution >= 4 is 22.7 Å². The van der Waals surface area contributed by atoms with Gasteiger partial charge in [-0.25, -0.2) is 4.79 Å². The Kier molecular flexibility index (Phi) is 6.23. The number of benzene rings is 1. The second-order valence-electron chi connectivity index (χ2n) is 9.15. The van der Waals surface area contributed by atoms with Gasteiger partial charge in [0.25, 0.3) is 0 Å². The van der Waals surface area contributed by atoms with E-state index in [0.717, 1.165) is 53.0 Å². The van der Waals surface area contributed by atoms with Gasteiger partial charge in [0.15, 0.2) is 5.82 Å². The van der Waals surface area contributed by atoms with Gasteiger partial charge in [0.2, 0.25) is 0 Å². The average molecular weight is 435 g/mol. The minimum Gasteiger partial charge on any atom is -0.444 e. The van der Waals surface area contributed by atoms with Crippen molar-refractivity contribution in [3.8, 4) is 11.3 Å². The first kappa shape index (κ1) is 22.0. The maximum Gasteiger partial charge on any atom is 0.407 e. The molecule has 0 saturated carbocycles. The van der Waals surface area contributed by atoms with E-state index in [9.17, 15) is 4.79 Å². The first-order chi connectivity index (χ1) is 15.3. The summed E-state index contributed by atoms with van der Waals surface area (Å²) in [7, 11) is 0. The van der Waals surface area contributed by atoms with Crippen molar-refractivity contribution in [2.75, 3.05) is 24.5 Å². The van der Waals surface area contributed by atoms with Gasteiger partial charge in [-0.3, -0.25) is 4.98 Å². The van der Waals surface area contributed by atoms with Crippen LogP contribution in [-0.4, -0.2) is 52.6 Å². The number of nitrogens with one attached hydrogen (secondary N) is 2. The predicted molar refractivity (Wildman–Crippen MR) is 126 cm³/mol. The monoisotopic (exact) mass is 434 g/mol. The number of fused-ring (bicyclic) bond motifs is 1. The minimum atomic E-state index is -0.516. The number of amides is 1. The molecule has 0 radical (unpaired) electrons. The first-order valence-electron chi connectivity index (χ1n) is 10.9. The maximum absolute atomic E-state index is 11.9. The summed E-state index contributed by atoms with van der Waals surface area (Å²) in [6.45, 7) is 10.8. The molecule has 1 amide bonds. The number of aromatic nitrogens is 3. The SMILES string of the molecule is C[C@H]1CN(c2nnc(-c3ccc(CNC(=O)OC(C)(C)C)cc3)c3ccncc23)CCN1. The largest absolute Gasteiger partial charge is 0.444 e. The molecule has 0 spiro atoms. The highest BCUT2D eigenvalue weighted by molar-refractivity contribution is 5.99. The van der Waals surface area contributed by atoms with Crippen LogP contribution in [0.1, 0.15) is 33.3 Å². The van der Waals surface area contributed by atoms with Crippen LogP contribution in [0.2, 0.25) is 0 Å². The Morgan fingerprint density at radius 1 is 1.19 bits per heavy atom. The van der Waals surface area contributed by atoms with Crippen LogP contribution in [0.4, 0.5) is 10.6 Å². The van der Waals surface area contributed by atoms with Crippen LogP contribution in [0.5, 0.6) is 0 Å².